The van der Waals surface area contributed by atoms with Crippen molar-refractivity contribution < 1.29 is 0 Å². The van der Waals surface area contributed by atoms with Crippen molar-refractivity contribution >= 4 is 49.7 Å². The van der Waals surface area contributed by atoms with Crippen LogP contribution in [-0.4, -0.2) is 14.5 Å². The Bertz CT molecular complexity index is 2730. The van der Waals surface area contributed by atoms with Crippen molar-refractivity contribution in [1.29, 1.82) is 0 Å². The molecule has 3 nitrogen and oxygen atoms in total. The molecule has 0 radical (unpaired) electrons. The molecule has 0 spiro atoms. The summed E-state index contributed by atoms with van der Waals surface area (Å²) in [6.07, 6.45) is 11.9. The third-order valence-electron chi connectivity index (χ3n) is 10.1. The lowest BCUT2D eigenvalue weighted by Gasteiger charge is -2.12. The molecule has 1 unspecified atom stereocenters. The average Bonchev–Trinajstić information content (AvgIpc) is 3.70. The van der Waals surface area contributed by atoms with E-state index in [1.54, 1.807) is 0 Å². The number of nitrogens with zero attached hydrogens (tertiary/aromatic N) is 3. The summed E-state index contributed by atoms with van der Waals surface area (Å²) in [6.45, 7) is 8.44. The first-order valence-corrected chi connectivity index (χ1v) is 18.7. The highest BCUT2D eigenvalue weighted by atomic mass is 32.1. The number of rotatable bonds is 7. The monoisotopic (exact) mass is 687 g/mol. The molecule has 0 saturated heterocycles. The van der Waals surface area contributed by atoms with E-state index in [1.807, 2.05) is 35.6 Å². The molecular weight excluding hydrogens is 651 g/mol. The molecule has 0 N–H and O–H groups in total. The molecule has 1 aliphatic carbocycles. The minimum absolute atomic E-state index is 0.540. The van der Waals surface area contributed by atoms with Gasteiger partial charge in [-0.3, -0.25) is 0 Å². The number of aromatic nitrogens is 3. The molecule has 250 valence electrons. The van der Waals surface area contributed by atoms with Crippen molar-refractivity contribution in [3.63, 3.8) is 0 Å². The zero-order chi connectivity index (χ0) is 35.2. The van der Waals surface area contributed by atoms with Crippen molar-refractivity contribution in [3.8, 4) is 50.7 Å². The van der Waals surface area contributed by atoms with Crippen LogP contribution in [0.5, 0.6) is 0 Å². The standard InChI is InChI=1S/C48H37N3S/c1-4-5-16-44-32(3)39-27-31(2)17-24-45(39)51(44)38-22-18-33(19-23-38)36-20-25-46-40(28-36)41-29-37(21-26-47(41)52-46)48-49-42(34-12-8-6-9-13-34)30-43(50-48)35-14-10-7-11-15-35/h4-16,18-31H,1,17H2,2-3H3/b16-5-. The summed E-state index contributed by atoms with van der Waals surface area (Å²) in [6, 6.07) is 45.3. The fraction of sp³-hybridized carbons (Fsp3) is 0.0833. The van der Waals surface area contributed by atoms with Crippen LogP contribution in [0.25, 0.3) is 89.1 Å². The Morgan fingerprint density at radius 1 is 0.692 bits per heavy atom. The van der Waals surface area contributed by atoms with Crippen LogP contribution in [0.3, 0.4) is 0 Å². The third kappa shape index (κ3) is 5.71. The van der Waals surface area contributed by atoms with E-state index in [9.17, 15) is 0 Å². The predicted molar refractivity (Wildman–Crippen MR) is 222 cm³/mol. The van der Waals surface area contributed by atoms with Crippen molar-refractivity contribution in [1.82, 2.24) is 14.5 Å². The summed E-state index contributed by atoms with van der Waals surface area (Å²) in [7, 11) is 0. The number of allylic oxidation sites excluding steroid dienone is 2. The molecule has 52 heavy (non-hydrogen) atoms. The second-order valence-corrected chi connectivity index (χ2v) is 14.7. The molecule has 3 heterocycles. The fourth-order valence-electron chi connectivity index (χ4n) is 7.44. The molecule has 0 amide bonds. The highest BCUT2D eigenvalue weighted by Crippen LogP contribution is 2.39. The number of hydrogen-bond donors (Lipinski definition) is 0. The first-order chi connectivity index (χ1) is 25.5. The topological polar surface area (TPSA) is 30.7 Å². The maximum Gasteiger partial charge on any atom is 0.160 e. The molecule has 9 rings (SSSR count). The Kier molecular flexibility index (Phi) is 8.10. The van der Waals surface area contributed by atoms with E-state index in [0.29, 0.717) is 5.92 Å². The summed E-state index contributed by atoms with van der Waals surface area (Å²) in [5.41, 5.74) is 11.0. The van der Waals surface area contributed by atoms with E-state index in [-0.39, 0.29) is 0 Å². The molecule has 0 fully saturated rings. The van der Waals surface area contributed by atoms with Crippen molar-refractivity contribution in [3.05, 3.63) is 168 Å². The highest BCUT2D eigenvalue weighted by Gasteiger charge is 2.16. The third-order valence-corrected chi connectivity index (χ3v) is 11.3. The quantitative estimate of drug-likeness (QED) is 0.156. The second kappa shape index (κ2) is 13.2. The van der Waals surface area contributed by atoms with Gasteiger partial charge in [0.2, 0.25) is 0 Å². The largest absolute Gasteiger partial charge is 0.310 e. The minimum atomic E-state index is 0.540. The van der Waals surface area contributed by atoms with Gasteiger partial charge in [0.15, 0.2) is 5.82 Å². The molecule has 0 aliphatic heterocycles. The van der Waals surface area contributed by atoms with Crippen LogP contribution in [0.15, 0.2) is 146 Å². The van der Waals surface area contributed by atoms with E-state index < -0.39 is 0 Å². The summed E-state index contributed by atoms with van der Waals surface area (Å²) in [5, 5.41) is 5.09. The lowest BCUT2D eigenvalue weighted by molar-refractivity contribution is 0.793. The van der Waals surface area contributed by atoms with Crippen LogP contribution in [0.1, 0.15) is 24.6 Å². The summed E-state index contributed by atoms with van der Waals surface area (Å²) >= 11 is 1.83. The van der Waals surface area contributed by atoms with Crippen molar-refractivity contribution in [2.24, 2.45) is 5.92 Å². The van der Waals surface area contributed by atoms with Crippen LogP contribution in [0, 0.1) is 12.8 Å². The Labute approximate surface area is 307 Å². The maximum absolute atomic E-state index is 5.10. The van der Waals surface area contributed by atoms with E-state index in [2.05, 4.69) is 158 Å². The average molecular weight is 688 g/mol. The van der Waals surface area contributed by atoms with E-state index >= 15 is 0 Å². The zero-order valence-electron chi connectivity index (χ0n) is 29.3. The van der Waals surface area contributed by atoms with Crippen LogP contribution in [-0.2, 0) is 0 Å². The Balaban J connectivity index is 1.12. The number of fused-ring (bicyclic) bond motifs is 4. The van der Waals surface area contributed by atoms with Gasteiger partial charge >= 0.3 is 0 Å². The summed E-state index contributed by atoms with van der Waals surface area (Å²) in [4.78, 5) is 10.2. The van der Waals surface area contributed by atoms with Gasteiger partial charge in [-0.15, -0.1) is 11.3 Å². The van der Waals surface area contributed by atoms with Gasteiger partial charge in [0.1, 0.15) is 0 Å². The Morgan fingerprint density at radius 3 is 1.92 bits per heavy atom. The molecule has 0 saturated carbocycles. The first kappa shape index (κ1) is 31.9. The number of hydrogen-bond acceptors (Lipinski definition) is 3. The van der Waals surface area contributed by atoms with Gasteiger partial charge in [0.05, 0.1) is 11.4 Å². The summed E-state index contributed by atoms with van der Waals surface area (Å²) < 4.78 is 4.92. The molecule has 1 aliphatic rings. The number of benzene rings is 5. The molecule has 4 heteroatoms. The van der Waals surface area contributed by atoms with Gasteiger partial charge in [-0.2, -0.15) is 0 Å². The van der Waals surface area contributed by atoms with Gasteiger partial charge in [0.25, 0.3) is 0 Å². The second-order valence-electron chi connectivity index (χ2n) is 13.6. The van der Waals surface area contributed by atoms with Gasteiger partial charge in [0, 0.05) is 53.6 Å². The Morgan fingerprint density at radius 2 is 1.29 bits per heavy atom. The smallest absolute Gasteiger partial charge is 0.160 e. The molecule has 1 atom stereocenters. The Hall–Kier alpha value is -6.10. The van der Waals surface area contributed by atoms with Crippen LogP contribution in [0.2, 0.25) is 0 Å². The van der Waals surface area contributed by atoms with Gasteiger partial charge in [-0.05, 0) is 95.8 Å². The lowest BCUT2D eigenvalue weighted by Crippen LogP contribution is -2.32. The van der Waals surface area contributed by atoms with Crippen molar-refractivity contribution in [2.45, 2.75) is 20.3 Å². The van der Waals surface area contributed by atoms with Gasteiger partial charge in [-0.25, -0.2) is 9.97 Å². The van der Waals surface area contributed by atoms with E-state index in [0.717, 1.165) is 46.0 Å². The van der Waals surface area contributed by atoms with E-state index in [4.69, 9.17) is 9.97 Å². The normalized spacial score (nSPS) is 14.0. The van der Waals surface area contributed by atoms with Crippen LogP contribution in [0.4, 0.5) is 0 Å². The molecule has 3 aromatic heterocycles. The van der Waals surface area contributed by atoms with Gasteiger partial charge in [-0.1, -0.05) is 117 Å². The van der Waals surface area contributed by atoms with E-state index in [1.165, 1.54) is 53.1 Å². The lowest BCUT2D eigenvalue weighted by atomic mass is 10.0. The molecule has 5 aromatic carbocycles. The molecule has 0 bridgehead atoms. The van der Waals surface area contributed by atoms with Crippen LogP contribution < -0.4 is 10.6 Å². The zero-order valence-corrected chi connectivity index (χ0v) is 30.1. The first-order valence-electron chi connectivity index (χ1n) is 17.8. The summed E-state index contributed by atoms with van der Waals surface area (Å²) in [5.74, 6) is 1.26. The minimum Gasteiger partial charge on any atom is -0.310 e. The van der Waals surface area contributed by atoms with Crippen LogP contribution >= 0.6 is 11.3 Å². The fourth-order valence-corrected chi connectivity index (χ4v) is 8.50. The molecule has 8 aromatic rings. The maximum atomic E-state index is 5.10. The molecular formula is C48H37N3S. The van der Waals surface area contributed by atoms with Crippen molar-refractivity contribution in [2.75, 3.05) is 0 Å². The van der Waals surface area contributed by atoms with Gasteiger partial charge < -0.3 is 4.57 Å². The highest BCUT2D eigenvalue weighted by molar-refractivity contribution is 7.25. The SMILES string of the molecule is C=C/C=C\c1c(C)c2c(n1-c1ccc(-c3ccc4sc5ccc(-c6nc(-c7ccccc7)cc(-c7ccccc7)n6)cc5c4c3)cc1)=CCC(C)C=2. The number of thiophene rings is 1. The predicted octanol–water partition coefficient (Wildman–Crippen LogP) is 11.4.